The Bertz CT molecular complexity index is 553. The van der Waals surface area contributed by atoms with Gasteiger partial charge in [-0.3, -0.25) is 0 Å². The Kier molecular flexibility index (Phi) is 5.02. The van der Waals surface area contributed by atoms with Crippen LogP contribution < -0.4 is 10.1 Å². The van der Waals surface area contributed by atoms with Crippen LogP contribution in [0.1, 0.15) is 42.8 Å². The summed E-state index contributed by atoms with van der Waals surface area (Å²) in [6.45, 7) is 8.94. The van der Waals surface area contributed by atoms with Crippen molar-refractivity contribution >= 4 is 0 Å². The fourth-order valence-corrected chi connectivity index (χ4v) is 2.36. The molecule has 1 N–H and O–H groups in total. The molecule has 0 aliphatic rings. The standard InChI is InChI=1S/C17H24N2O2/c1-11(2)17(14-6-8-15(20-5)9-7-14)18-10-16-19-12(3)13(4)21-16/h6-9,11,17-18H,10H2,1-5H3/t17-/m1/s1. The lowest BCUT2D eigenvalue weighted by Crippen LogP contribution is -2.25. The van der Waals surface area contributed by atoms with Crippen molar-refractivity contribution in [3.8, 4) is 5.75 Å². The minimum atomic E-state index is 0.253. The first kappa shape index (κ1) is 15.6. The first-order valence-electron chi connectivity index (χ1n) is 7.31. The van der Waals surface area contributed by atoms with E-state index in [0.717, 1.165) is 23.1 Å². The van der Waals surface area contributed by atoms with Gasteiger partial charge in [0.2, 0.25) is 5.89 Å². The summed E-state index contributed by atoms with van der Waals surface area (Å²) in [5.41, 5.74) is 2.20. The molecule has 21 heavy (non-hydrogen) atoms. The lowest BCUT2D eigenvalue weighted by Gasteiger charge is -2.22. The van der Waals surface area contributed by atoms with Gasteiger partial charge in [0.25, 0.3) is 0 Å². The smallest absolute Gasteiger partial charge is 0.208 e. The number of hydrogen-bond acceptors (Lipinski definition) is 4. The van der Waals surface area contributed by atoms with Gasteiger partial charge in [-0.25, -0.2) is 4.98 Å². The zero-order valence-electron chi connectivity index (χ0n) is 13.4. The number of nitrogens with one attached hydrogen (secondary N) is 1. The third-order valence-electron chi connectivity index (χ3n) is 3.69. The van der Waals surface area contributed by atoms with Crippen LogP contribution in [0.3, 0.4) is 0 Å². The molecule has 1 atom stereocenters. The molecule has 0 fully saturated rings. The molecular weight excluding hydrogens is 264 g/mol. The van der Waals surface area contributed by atoms with Gasteiger partial charge < -0.3 is 14.5 Å². The van der Waals surface area contributed by atoms with E-state index in [2.05, 4.69) is 36.3 Å². The molecule has 2 aromatic rings. The minimum absolute atomic E-state index is 0.253. The normalized spacial score (nSPS) is 12.7. The Hall–Kier alpha value is -1.81. The number of aromatic nitrogens is 1. The van der Waals surface area contributed by atoms with E-state index in [4.69, 9.17) is 9.15 Å². The number of methoxy groups -OCH3 is 1. The van der Waals surface area contributed by atoms with Crippen LogP contribution in [0.2, 0.25) is 0 Å². The molecule has 0 radical (unpaired) electrons. The van der Waals surface area contributed by atoms with Crippen molar-refractivity contribution in [2.75, 3.05) is 7.11 Å². The number of ether oxygens (including phenoxy) is 1. The third kappa shape index (κ3) is 3.85. The molecule has 0 spiro atoms. The summed E-state index contributed by atoms with van der Waals surface area (Å²) in [5.74, 6) is 2.97. The van der Waals surface area contributed by atoms with E-state index in [-0.39, 0.29) is 6.04 Å². The summed E-state index contributed by atoms with van der Waals surface area (Å²) in [6.07, 6.45) is 0. The van der Waals surface area contributed by atoms with Gasteiger partial charge in [0, 0.05) is 6.04 Å². The van der Waals surface area contributed by atoms with Crippen LogP contribution in [0, 0.1) is 19.8 Å². The SMILES string of the molecule is COc1ccc([C@H](NCc2nc(C)c(C)o2)C(C)C)cc1. The summed E-state index contributed by atoms with van der Waals surface area (Å²) < 4.78 is 10.8. The maximum atomic E-state index is 5.62. The van der Waals surface area contributed by atoms with Crippen LogP contribution in [0.25, 0.3) is 0 Å². The fraction of sp³-hybridized carbons (Fsp3) is 0.471. The topological polar surface area (TPSA) is 47.3 Å². The second kappa shape index (κ2) is 6.76. The summed E-state index contributed by atoms with van der Waals surface area (Å²) in [4.78, 5) is 4.41. The van der Waals surface area contributed by atoms with Gasteiger partial charge in [-0.15, -0.1) is 0 Å². The fourth-order valence-electron chi connectivity index (χ4n) is 2.36. The Balaban J connectivity index is 2.07. The zero-order valence-corrected chi connectivity index (χ0v) is 13.4. The summed E-state index contributed by atoms with van der Waals surface area (Å²) in [7, 11) is 1.68. The maximum Gasteiger partial charge on any atom is 0.208 e. The van der Waals surface area contributed by atoms with Crippen molar-refractivity contribution in [3.63, 3.8) is 0 Å². The van der Waals surface area contributed by atoms with Crippen LogP contribution in [0.15, 0.2) is 28.7 Å². The van der Waals surface area contributed by atoms with E-state index in [0.29, 0.717) is 12.5 Å². The van der Waals surface area contributed by atoms with E-state index in [9.17, 15) is 0 Å². The van der Waals surface area contributed by atoms with E-state index < -0.39 is 0 Å². The van der Waals surface area contributed by atoms with Gasteiger partial charge in [0.15, 0.2) is 0 Å². The molecular formula is C17H24N2O2. The molecule has 2 rings (SSSR count). The third-order valence-corrected chi connectivity index (χ3v) is 3.69. The van der Waals surface area contributed by atoms with E-state index >= 15 is 0 Å². The zero-order chi connectivity index (χ0) is 15.4. The number of nitrogens with zero attached hydrogens (tertiary/aromatic N) is 1. The van der Waals surface area contributed by atoms with Crippen LogP contribution >= 0.6 is 0 Å². The highest BCUT2D eigenvalue weighted by Crippen LogP contribution is 2.24. The highest BCUT2D eigenvalue weighted by Gasteiger charge is 2.16. The number of oxazole rings is 1. The molecule has 0 unspecified atom stereocenters. The van der Waals surface area contributed by atoms with E-state index in [1.807, 2.05) is 26.0 Å². The first-order chi connectivity index (χ1) is 10.0. The number of hydrogen-bond donors (Lipinski definition) is 1. The van der Waals surface area contributed by atoms with Crippen molar-refractivity contribution < 1.29 is 9.15 Å². The van der Waals surface area contributed by atoms with Crippen molar-refractivity contribution in [2.24, 2.45) is 5.92 Å². The minimum Gasteiger partial charge on any atom is -0.497 e. The van der Waals surface area contributed by atoms with Crippen molar-refractivity contribution in [3.05, 3.63) is 47.2 Å². The average molecular weight is 288 g/mol. The number of benzene rings is 1. The van der Waals surface area contributed by atoms with Gasteiger partial charge in [0.05, 0.1) is 19.3 Å². The molecule has 0 saturated carbocycles. The van der Waals surface area contributed by atoms with Crippen LogP contribution in [-0.2, 0) is 6.54 Å². The quantitative estimate of drug-likeness (QED) is 0.878. The largest absolute Gasteiger partial charge is 0.497 e. The average Bonchev–Trinajstić information content (AvgIpc) is 2.78. The molecule has 4 nitrogen and oxygen atoms in total. The summed E-state index contributed by atoms with van der Waals surface area (Å²) >= 11 is 0. The van der Waals surface area contributed by atoms with Crippen LogP contribution in [0.4, 0.5) is 0 Å². The predicted molar refractivity (Wildman–Crippen MR) is 83.4 cm³/mol. The summed E-state index contributed by atoms with van der Waals surface area (Å²) in [6, 6.07) is 8.44. The Morgan fingerprint density at radius 1 is 1.19 bits per heavy atom. The van der Waals surface area contributed by atoms with Crippen molar-refractivity contribution in [1.29, 1.82) is 0 Å². The Labute approximate surface area is 126 Å². The molecule has 4 heteroatoms. The van der Waals surface area contributed by atoms with Crippen LogP contribution in [-0.4, -0.2) is 12.1 Å². The number of aryl methyl sites for hydroxylation is 2. The van der Waals surface area contributed by atoms with Crippen molar-refractivity contribution in [1.82, 2.24) is 10.3 Å². The van der Waals surface area contributed by atoms with Crippen LogP contribution in [0.5, 0.6) is 5.75 Å². The first-order valence-corrected chi connectivity index (χ1v) is 7.31. The van der Waals surface area contributed by atoms with Gasteiger partial charge in [-0.2, -0.15) is 0 Å². The van der Waals surface area contributed by atoms with Gasteiger partial charge in [0.1, 0.15) is 11.5 Å². The maximum absolute atomic E-state index is 5.62. The van der Waals surface area contributed by atoms with E-state index in [1.54, 1.807) is 7.11 Å². The molecule has 1 aromatic carbocycles. The lowest BCUT2D eigenvalue weighted by atomic mass is 9.96. The number of rotatable bonds is 6. The van der Waals surface area contributed by atoms with Gasteiger partial charge >= 0.3 is 0 Å². The summed E-state index contributed by atoms with van der Waals surface area (Å²) in [5, 5.41) is 3.53. The molecule has 0 aliphatic heterocycles. The molecule has 0 saturated heterocycles. The second-order valence-electron chi connectivity index (χ2n) is 5.62. The van der Waals surface area contributed by atoms with Crippen molar-refractivity contribution in [2.45, 2.75) is 40.3 Å². The van der Waals surface area contributed by atoms with Gasteiger partial charge in [-0.1, -0.05) is 26.0 Å². The highest BCUT2D eigenvalue weighted by atomic mass is 16.5. The van der Waals surface area contributed by atoms with E-state index in [1.165, 1.54) is 5.56 Å². The Morgan fingerprint density at radius 3 is 2.33 bits per heavy atom. The predicted octanol–water partition coefficient (Wildman–Crippen LogP) is 3.79. The lowest BCUT2D eigenvalue weighted by molar-refractivity contribution is 0.372. The molecule has 0 bridgehead atoms. The molecule has 0 aliphatic carbocycles. The second-order valence-corrected chi connectivity index (χ2v) is 5.62. The molecule has 1 aromatic heterocycles. The molecule has 114 valence electrons. The van der Waals surface area contributed by atoms with Gasteiger partial charge in [-0.05, 0) is 37.5 Å². The monoisotopic (exact) mass is 288 g/mol. The highest BCUT2D eigenvalue weighted by molar-refractivity contribution is 5.29. The molecule has 1 heterocycles. The molecule has 0 amide bonds. The Morgan fingerprint density at radius 2 is 1.86 bits per heavy atom.